The van der Waals surface area contributed by atoms with Gasteiger partial charge in [-0.1, -0.05) is 24.3 Å². The topological polar surface area (TPSA) is 57.7 Å². The molecule has 0 N–H and O–H groups in total. The van der Waals surface area contributed by atoms with Gasteiger partial charge in [0.25, 0.3) is 11.8 Å². The van der Waals surface area contributed by atoms with Crippen molar-refractivity contribution in [3.8, 4) is 0 Å². The Morgan fingerprint density at radius 3 is 2.27 bits per heavy atom. The highest BCUT2D eigenvalue weighted by Crippen LogP contribution is 2.22. The van der Waals surface area contributed by atoms with Crippen LogP contribution in [-0.2, 0) is 11.3 Å². The largest absolute Gasteiger partial charge is 0.339 e. The van der Waals surface area contributed by atoms with Gasteiger partial charge in [-0.05, 0) is 36.8 Å². The number of carbonyl (C=O) groups excluding carboxylic acids is 3. The number of nitrogens with zero attached hydrogens (tertiary/aromatic N) is 2. The standard InChI is InChI=1S/C20H19FN2O3/c1-2-22(13-14-6-5-7-15(21)12-14)18(24)10-11-23-19(25)16-8-3-4-9-17(16)20(23)26/h3-9,12H,2,10-11,13H2,1H3. The van der Waals surface area contributed by atoms with Crippen molar-refractivity contribution < 1.29 is 18.8 Å². The third kappa shape index (κ3) is 3.49. The van der Waals surface area contributed by atoms with Gasteiger partial charge in [0.15, 0.2) is 0 Å². The van der Waals surface area contributed by atoms with Gasteiger partial charge < -0.3 is 4.90 Å². The SMILES string of the molecule is CCN(Cc1cccc(F)c1)C(=O)CCN1C(=O)c2ccccc2C1=O. The number of benzene rings is 2. The summed E-state index contributed by atoms with van der Waals surface area (Å²) in [5, 5.41) is 0. The molecule has 3 rings (SSSR count). The molecule has 5 nitrogen and oxygen atoms in total. The van der Waals surface area contributed by atoms with Gasteiger partial charge in [-0.3, -0.25) is 19.3 Å². The van der Waals surface area contributed by atoms with Gasteiger partial charge >= 0.3 is 0 Å². The van der Waals surface area contributed by atoms with Crippen LogP contribution in [0, 0.1) is 5.82 Å². The molecule has 0 saturated heterocycles. The summed E-state index contributed by atoms with van der Waals surface area (Å²) >= 11 is 0. The van der Waals surface area contributed by atoms with Crippen LogP contribution in [0.4, 0.5) is 4.39 Å². The Kier molecular flexibility index (Phi) is 5.11. The molecule has 0 spiro atoms. The van der Waals surface area contributed by atoms with Crippen molar-refractivity contribution in [1.82, 2.24) is 9.80 Å². The molecule has 1 aliphatic rings. The van der Waals surface area contributed by atoms with Crippen LogP contribution in [0.15, 0.2) is 48.5 Å². The zero-order valence-corrected chi connectivity index (χ0v) is 14.4. The highest BCUT2D eigenvalue weighted by atomic mass is 19.1. The lowest BCUT2D eigenvalue weighted by atomic mass is 10.1. The van der Waals surface area contributed by atoms with Crippen LogP contribution in [0.5, 0.6) is 0 Å². The minimum absolute atomic E-state index is 0.0326. The first kappa shape index (κ1) is 17.8. The summed E-state index contributed by atoms with van der Waals surface area (Å²) in [7, 11) is 0. The molecule has 26 heavy (non-hydrogen) atoms. The van der Waals surface area contributed by atoms with Gasteiger partial charge in [0.2, 0.25) is 5.91 Å². The molecule has 0 aromatic heterocycles. The van der Waals surface area contributed by atoms with Crippen molar-refractivity contribution >= 4 is 17.7 Å². The fraction of sp³-hybridized carbons (Fsp3) is 0.250. The van der Waals surface area contributed by atoms with E-state index in [1.54, 1.807) is 41.3 Å². The zero-order valence-electron chi connectivity index (χ0n) is 14.4. The van der Waals surface area contributed by atoms with E-state index in [9.17, 15) is 18.8 Å². The van der Waals surface area contributed by atoms with E-state index in [-0.39, 0.29) is 43.0 Å². The Bertz CT molecular complexity index is 831. The predicted octanol–water partition coefficient (Wildman–Crippen LogP) is 2.86. The molecule has 0 aliphatic carbocycles. The molecule has 0 bridgehead atoms. The van der Waals surface area contributed by atoms with Crippen molar-refractivity contribution in [2.75, 3.05) is 13.1 Å². The quantitative estimate of drug-likeness (QED) is 0.750. The van der Waals surface area contributed by atoms with Gasteiger partial charge in [-0.25, -0.2) is 4.39 Å². The lowest BCUT2D eigenvalue weighted by Gasteiger charge is -2.22. The van der Waals surface area contributed by atoms with Gasteiger partial charge in [0.1, 0.15) is 5.82 Å². The van der Waals surface area contributed by atoms with E-state index in [0.717, 1.165) is 4.90 Å². The van der Waals surface area contributed by atoms with E-state index >= 15 is 0 Å². The lowest BCUT2D eigenvalue weighted by Crippen LogP contribution is -2.36. The first-order valence-electron chi connectivity index (χ1n) is 8.48. The maximum absolute atomic E-state index is 13.3. The maximum Gasteiger partial charge on any atom is 0.261 e. The van der Waals surface area contributed by atoms with Crippen molar-refractivity contribution in [3.05, 3.63) is 71.0 Å². The summed E-state index contributed by atoms with van der Waals surface area (Å²) in [5.41, 5.74) is 1.44. The van der Waals surface area contributed by atoms with E-state index < -0.39 is 0 Å². The van der Waals surface area contributed by atoms with Crippen LogP contribution < -0.4 is 0 Å². The van der Waals surface area contributed by atoms with Crippen molar-refractivity contribution in [3.63, 3.8) is 0 Å². The van der Waals surface area contributed by atoms with Crippen LogP contribution in [0.2, 0.25) is 0 Å². The summed E-state index contributed by atoms with van der Waals surface area (Å²) in [6, 6.07) is 12.7. The van der Waals surface area contributed by atoms with Gasteiger partial charge in [-0.2, -0.15) is 0 Å². The third-order valence-corrected chi connectivity index (χ3v) is 4.42. The molecule has 3 amide bonds. The highest BCUT2D eigenvalue weighted by molar-refractivity contribution is 6.21. The average molecular weight is 354 g/mol. The molecule has 1 aliphatic heterocycles. The van der Waals surface area contributed by atoms with Gasteiger partial charge in [-0.15, -0.1) is 0 Å². The Hall–Kier alpha value is -3.02. The molecule has 2 aromatic rings. The number of rotatable bonds is 6. The molecule has 1 heterocycles. The monoisotopic (exact) mass is 354 g/mol. The normalized spacial score (nSPS) is 13.1. The molecule has 0 saturated carbocycles. The highest BCUT2D eigenvalue weighted by Gasteiger charge is 2.35. The maximum atomic E-state index is 13.3. The first-order chi connectivity index (χ1) is 12.5. The van der Waals surface area contributed by atoms with E-state index in [2.05, 4.69) is 0 Å². The van der Waals surface area contributed by atoms with Crippen LogP contribution in [0.3, 0.4) is 0 Å². The number of carbonyl (C=O) groups is 3. The number of imide groups is 1. The van der Waals surface area contributed by atoms with E-state index in [4.69, 9.17) is 0 Å². The van der Waals surface area contributed by atoms with Crippen molar-refractivity contribution in [1.29, 1.82) is 0 Å². The second-order valence-corrected chi connectivity index (χ2v) is 6.10. The van der Waals surface area contributed by atoms with Crippen LogP contribution in [0.1, 0.15) is 39.6 Å². The summed E-state index contributed by atoms with van der Waals surface area (Å²) in [6.07, 6.45) is 0.0363. The fourth-order valence-electron chi connectivity index (χ4n) is 3.04. The van der Waals surface area contributed by atoms with Gasteiger partial charge in [0.05, 0.1) is 11.1 Å². The van der Waals surface area contributed by atoms with E-state index in [1.165, 1.54) is 12.1 Å². The average Bonchev–Trinajstić information content (AvgIpc) is 2.89. The summed E-state index contributed by atoms with van der Waals surface area (Å²) < 4.78 is 13.3. The van der Waals surface area contributed by atoms with E-state index in [0.29, 0.717) is 23.2 Å². The summed E-state index contributed by atoms with van der Waals surface area (Å²) in [4.78, 5) is 39.8. The third-order valence-electron chi connectivity index (χ3n) is 4.42. The summed E-state index contributed by atoms with van der Waals surface area (Å²) in [6.45, 7) is 2.61. The first-order valence-corrected chi connectivity index (χ1v) is 8.48. The van der Waals surface area contributed by atoms with Crippen molar-refractivity contribution in [2.45, 2.75) is 19.9 Å². The Morgan fingerprint density at radius 1 is 1.04 bits per heavy atom. The second kappa shape index (κ2) is 7.47. The molecule has 0 radical (unpaired) electrons. The Morgan fingerprint density at radius 2 is 1.69 bits per heavy atom. The number of halogens is 1. The summed E-state index contributed by atoms with van der Waals surface area (Å²) in [5.74, 6) is -1.27. The molecule has 0 fully saturated rings. The zero-order chi connectivity index (χ0) is 18.7. The molecule has 2 aromatic carbocycles. The Balaban J connectivity index is 1.63. The number of hydrogen-bond donors (Lipinski definition) is 0. The van der Waals surface area contributed by atoms with Crippen LogP contribution in [0.25, 0.3) is 0 Å². The number of fused-ring (bicyclic) bond motifs is 1. The predicted molar refractivity (Wildman–Crippen MR) is 93.9 cm³/mol. The smallest absolute Gasteiger partial charge is 0.261 e. The Labute approximate surface area is 151 Å². The van der Waals surface area contributed by atoms with E-state index in [1.807, 2.05) is 6.92 Å². The molecular formula is C20H19FN2O3. The molecule has 6 heteroatoms. The van der Waals surface area contributed by atoms with Crippen LogP contribution in [-0.4, -0.2) is 40.6 Å². The number of hydrogen-bond acceptors (Lipinski definition) is 3. The molecular weight excluding hydrogens is 335 g/mol. The number of amides is 3. The second-order valence-electron chi connectivity index (χ2n) is 6.10. The molecule has 134 valence electrons. The molecule has 0 atom stereocenters. The van der Waals surface area contributed by atoms with Crippen molar-refractivity contribution in [2.24, 2.45) is 0 Å². The minimum atomic E-state index is -0.369. The van der Waals surface area contributed by atoms with Crippen LogP contribution >= 0.6 is 0 Å². The van der Waals surface area contributed by atoms with Gasteiger partial charge in [0, 0.05) is 26.1 Å². The fourth-order valence-corrected chi connectivity index (χ4v) is 3.04. The minimum Gasteiger partial charge on any atom is -0.339 e. The lowest BCUT2D eigenvalue weighted by molar-refractivity contribution is -0.131. The molecule has 0 unspecified atom stereocenters.